The van der Waals surface area contributed by atoms with Crippen LogP contribution >= 0.6 is 34.7 Å². The van der Waals surface area contributed by atoms with Gasteiger partial charge in [0.25, 0.3) is 0 Å². The van der Waals surface area contributed by atoms with Crippen molar-refractivity contribution in [2.75, 3.05) is 0 Å². The summed E-state index contributed by atoms with van der Waals surface area (Å²) < 4.78 is 0.965. The van der Waals surface area contributed by atoms with Crippen molar-refractivity contribution in [1.29, 1.82) is 0 Å². The van der Waals surface area contributed by atoms with Crippen LogP contribution in [0.15, 0.2) is 39.0 Å². The van der Waals surface area contributed by atoms with E-state index in [-0.39, 0.29) is 0 Å². The Morgan fingerprint density at radius 1 is 1.50 bits per heavy atom. The summed E-state index contributed by atoms with van der Waals surface area (Å²) in [6.45, 7) is 1.72. The topological polar surface area (TPSA) is 33.1 Å². The average molecular weight is 272 g/mol. The zero-order chi connectivity index (χ0) is 11.5. The lowest BCUT2D eigenvalue weighted by Gasteiger charge is -2.07. The van der Waals surface area contributed by atoms with E-state index in [1.165, 1.54) is 11.8 Å². The number of rotatable bonds is 3. The molecule has 0 saturated heterocycles. The second-order valence-corrected chi connectivity index (χ2v) is 5.86. The van der Waals surface area contributed by atoms with E-state index < -0.39 is 6.10 Å². The van der Waals surface area contributed by atoms with Gasteiger partial charge in [0.05, 0.1) is 11.1 Å². The highest BCUT2D eigenvalue weighted by Crippen LogP contribution is 2.35. The van der Waals surface area contributed by atoms with E-state index >= 15 is 0 Å². The van der Waals surface area contributed by atoms with E-state index in [4.69, 9.17) is 11.6 Å². The molecule has 0 unspecified atom stereocenters. The summed E-state index contributed by atoms with van der Waals surface area (Å²) >= 11 is 9.25. The summed E-state index contributed by atoms with van der Waals surface area (Å²) in [6.07, 6.45) is 1.28. The fourth-order valence-electron chi connectivity index (χ4n) is 1.21. The quantitative estimate of drug-likeness (QED) is 0.916. The van der Waals surface area contributed by atoms with Crippen LogP contribution in [0.1, 0.15) is 18.6 Å². The van der Waals surface area contributed by atoms with Crippen LogP contribution in [0.5, 0.6) is 0 Å². The minimum Gasteiger partial charge on any atom is -0.389 e. The molecule has 0 radical (unpaired) electrons. The SMILES string of the molecule is C[C@H](O)c1ccc(Sc2nccs2)c(Cl)c1. The third kappa shape index (κ3) is 2.77. The Labute approximate surface area is 107 Å². The van der Waals surface area contributed by atoms with E-state index in [1.807, 2.05) is 17.5 Å². The molecule has 0 aliphatic rings. The zero-order valence-electron chi connectivity index (χ0n) is 8.55. The normalized spacial score (nSPS) is 12.7. The van der Waals surface area contributed by atoms with Crippen molar-refractivity contribution in [1.82, 2.24) is 4.98 Å². The van der Waals surface area contributed by atoms with Crippen molar-refractivity contribution < 1.29 is 5.11 Å². The predicted molar refractivity (Wildman–Crippen MR) is 68.3 cm³/mol. The molecule has 0 aliphatic heterocycles. The standard InChI is InChI=1S/C11H10ClNOS2/c1-7(14)8-2-3-10(9(12)6-8)16-11-13-4-5-15-11/h2-7,14H,1H3/t7-/m0/s1. The molecule has 1 aromatic heterocycles. The van der Waals surface area contributed by atoms with Crippen LogP contribution < -0.4 is 0 Å². The number of nitrogens with zero attached hydrogens (tertiary/aromatic N) is 1. The summed E-state index contributed by atoms with van der Waals surface area (Å²) in [5.41, 5.74) is 0.827. The molecule has 1 atom stereocenters. The van der Waals surface area contributed by atoms with Crippen molar-refractivity contribution in [3.8, 4) is 0 Å². The maximum atomic E-state index is 9.42. The van der Waals surface area contributed by atoms with Crippen LogP contribution in [-0.2, 0) is 0 Å². The van der Waals surface area contributed by atoms with Gasteiger partial charge < -0.3 is 5.11 Å². The predicted octanol–water partition coefficient (Wildman–Crippen LogP) is 4.00. The molecule has 84 valence electrons. The molecule has 0 saturated carbocycles. The summed E-state index contributed by atoms with van der Waals surface area (Å²) in [7, 11) is 0. The molecule has 2 rings (SSSR count). The van der Waals surface area contributed by atoms with E-state index in [0.717, 1.165) is 14.8 Å². The fourth-order valence-corrected chi connectivity index (χ4v) is 3.10. The lowest BCUT2D eigenvalue weighted by Crippen LogP contribution is -1.90. The Kier molecular flexibility index (Phi) is 3.86. The van der Waals surface area contributed by atoms with Crippen molar-refractivity contribution in [3.63, 3.8) is 0 Å². The van der Waals surface area contributed by atoms with Gasteiger partial charge in [-0.05, 0) is 24.6 Å². The van der Waals surface area contributed by atoms with Crippen LogP contribution in [-0.4, -0.2) is 10.1 Å². The van der Waals surface area contributed by atoms with Gasteiger partial charge in [-0.25, -0.2) is 4.98 Å². The largest absolute Gasteiger partial charge is 0.389 e. The van der Waals surface area contributed by atoms with Gasteiger partial charge in [0, 0.05) is 16.5 Å². The van der Waals surface area contributed by atoms with Gasteiger partial charge in [-0.15, -0.1) is 11.3 Å². The molecule has 5 heteroatoms. The van der Waals surface area contributed by atoms with Gasteiger partial charge in [0.15, 0.2) is 4.34 Å². The first-order valence-corrected chi connectivity index (χ1v) is 6.79. The summed E-state index contributed by atoms with van der Waals surface area (Å²) in [5.74, 6) is 0. The third-order valence-corrected chi connectivity index (χ3v) is 4.43. The Hall–Kier alpha value is -0.550. The van der Waals surface area contributed by atoms with Crippen LogP contribution in [0.2, 0.25) is 5.02 Å². The molecule has 0 fully saturated rings. The van der Waals surface area contributed by atoms with Crippen LogP contribution in [0.4, 0.5) is 0 Å². The number of aliphatic hydroxyl groups excluding tert-OH is 1. The molecule has 0 bridgehead atoms. The number of aliphatic hydroxyl groups is 1. The first kappa shape index (κ1) is 11.9. The van der Waals surface area contributed by atoms with E-state index in [1.54, 1.807) is 30.5 Å². The Morgan fingerprint density at radius 3 is 2.88 bits per heavy atom. The monoisotopic (exact) mass is 271 g/mol. The van der Waals surface area contributed by atoms with Gasteiger partial charge in [0.1, 0.15) is 0 Å². The maximum Gasteiger partial charge on any atom is 0.154 e. The summed E-state index contributed by atoms with van der Waals surface area (Å²) in [5, 5.41) is 12.0. The zero-order valence-corrected chi connectivity index (χ0v) is 10.9. The average Bonchev–Trinajstić information content (AvgIpc) is 2.73. The molecule has 1 aromatic carbocycles. The van der Waals surface area contributed by atoms with E-state index in [2.05, 4.69) is 4.98 Å². The van der Waals surface area contributed by atoms with Crippen molar-refractivity contribution in [2.24, 2.45) is 0 Å². The molecule has 0 aliphatic carbocycles. The maximum absolute atomic E-state index is 9.42. The molecule has 0 amide bonds. The molecule has 16 heavy (non-hydrogen) atoms. The van der Waals surface area contributed by atoms with Gasteiger partial charge in [-0.1, -0.05) is 29.4 Å². The van der Waals surface area contributed by atoms with Gasteiger partial charge in [-0.2, -0.15) is 0 Å². The molecular formula is C11H10ClNOS2. The Balaban J connectivity index is 2.23. The highest BCUT2D eigenvalue weighted by molar-refractivity contribution is 8.01. The molecule has 1 N–H and O–H groups in total. The van der Waals surface area contributed by atoms with Crippen LogP contribution in [0.25, 0.3) is 0 Å². The third-order valence-electron chi connectivity index (χ3n) is 2.05. The number of thiazole rings is 1. The van der Waals surface area contributed by atoms with Gasteiger partial charge in [-0.3, -0.25) is 0 Å². The number of hydrogen-bond acceptors (Lipinski definition) is 4. The minimum absolute atomic E-state index is 0.489. The number of benzene rings is 1. The Bertz CT molecular complexity index is 471. The van der Waals surface area contributed by atoms with Crippen molar-refractivity contribution in [3.05, 3.63) is 40.4 Å². The smallest absolute Gasteiger partial charge is 0.154 e. The highest BCUT2D eigenvalue weighted by atomic mass is 35.5. The van der Waals surface area contributed by atoms with Crippen LogP contribution in [0, 0.1) is 0 Å². The molecule has 2 aromatic rings. The minimum atomic E-state index is -0.489. The van der Waals surface area contributed by atoms with Crippen LogP contribution in [0.3, 0.4) is 0 Å². The molecule has 1 heterocycles. The first-order valence-electron chi connectivity index (χ1n) is 4.71. The number of hydrogen-bond donors (Lipinski definition) is 1. The number of halogens is 1. The summed E-state index contributed by atoms with van der Waals surface area (Å²) in [4.78, 5) is 5.14. The van der Waals surface area contributed by atoms with Crippen molar-refractivity contribution >= 4 is 34.7 Å². The van der Waals surface area contributed by atoms with Gasteiger partial charge in [0.2, 0.25) is 0 Å². The van der Waals surface area contributed by atoms with E-state index in [9.17, 15) is 5.11 Å². The molecule has 0 spiro atoms. The van der Waals surface area contributed by atoms with Gasteiger partial charge >= 0.3 is 0 Å². The fraction of sp³-hybridized carbons (Fsp3) is 0.182. The van der Waals surface area contributed by atoms with E-state index in [0.29, 0.717) is 5.02 Å². The molecular weight excluding hydrogens is 262 g/mol. The lowest BCUT2D eigenvalue weighted by atomic mass is 10.1. The lowest BCUT2D eigenvalue weighted by molar-refractivity contribution is 0.199. The first-order chi connectivity index (χ1) is 7.66. The Morgan fingerprint density at radius 2 is 2.31 bits per heavy atom. The highest BCUT2D eigenvalue weighted by Gasteiger charge is 2.08. The number of aromatic nitrogens is 1. The molecule has 2 nitrogen and oxygen atoms in total. The second-order valence-electron chi connectivity index (χ2n) is 3.27. The van der Waals surface area contributed by atoms with Crippen molar-refractivity contribution in [2.45, 2.75) is 22.3 Å². The summed E-state index contributed by atoms with van der Waals surface area (Å²) in [6, 6.07) is 5.59. The second kappa shape index (κ2) is 5.19.